The molecule has 31 heavy (non-hydrogen) atoms. The van der Waals surface area contributed by atoms with Crippen LogP contribution in [0.3, 0.4) is 0 Å². The SMILES string of the molecule is Cn1c(O)c(C=NCC(=O)N[C@H](Cc2c[nH]c3ccccc23)C(=O)[O-])c(=O)n(C)c1=O. The highest BCUT2D eigenvalue weighted by molar-refractivity contribution is 5.88. The van der Waals surface area contributed by atoms with E-state index >= 15 is 0 Å². The van der Waals surface area contributed by atoms with Crippen molar-refractivity contribution in [3.63, 3.8) is 0 Å². The van der Waals surface area contributed by atoms with Crippen LogP contribution in [0.25, 0.3) is 10.9 Å². The molecule has 0 aliphatic heterocycles. The van der Waals surface area contributed by atoms with E-state index in [0.29, 0.717) is 5.56 Å². The lowest BCUT2D eigenvalue weighted by atomic mass is 10.1. The number of carboxylic acid groups (broad SMARTS) is 1. The van der Waals surface area contributed by atoms with Gasteiger partial charge in [0, 0.05) is 43.8 Å². The summed E-state index contributed by atoms with van der Waals surface area (Å²) < 4.78 is 1.64. The Balaban J connectivity index is 1.71. The molecule has 0 aliphatic carbocycles. The third-order valence-corrected chi connectivity index (χ3v) is 4.84. The van der Waals surface area contributed by atoms with Gasteiger partial charge in [-0.1, -0.05) is 18.2 Å². The summed E-state index contributed by atoms with van der Waals surface area (Å²) >= 11 is 0. The number of nitrogens with zero attached hydrogens (tertiary/aromatic N) is 3. The molecule has 1 atom stereocenters. The highest BCUT2D eigenvalue weighted by Crippen LogP contribution is 2.19. The molecule has 2 heterocycles. The second kappa shape index (κ2) is 8.69. The normalized spacial score (nSPS) is 12.3. The van der Waals surface area contributed by atoms with Gasteiger partial charge in [0.15, 0.2) is 0 Å². The molecule has 1 amide bonds. The summed E-state index contributed by atoms with van der Waals surface area (Å²) in [5.41, 5.74) is -0.229. The van der Waals surface area contributed by atoms with E-state index in [-0.39, 0.29) is 12.0 Å². The van der Waals surface area contributed by atoms with Crippen molar-refractivity contribution in [1.29, 1.82) is 0 Å². The molecule has 0 bridgehead atoms. The summed E-state index contributed by atoms with van der Waals surface area (Å²) in [5, 5.41) is 24.6. The molecule has 2 aromatic heterocycles. The monoisotopic (exact) mass is 426 g/mol. The minimum Gasteiger partial charge on any atom is -0.548 e. The summed E-state index contributed by atoms with van der Waals surface area (Å²) in [6.07, 6.45) is 2.64. The van der Waals surface area contributed by atoms with Crippen LogP contribution in [0.15, 0.2) is 45.0 Å². The number of hydrogen-bond donors (Lipinski definition) is 3. The van der Waals surface area contributed by atoms with Gasteiger partial charge < -0.3 is 25.3 Å². The van der Waals surface area contributed by atoms with Gasteiger partial charge in [-0.05, 0) is 11.6 Å². The molecular weight excluding hydrogens is 406 g/mol. The van der Waals surface area contributed by atoms with Crippen LogP contribution in [0.4, 0.5) is 0 Å². The Labute approximate surface area is 175 Å². The predicted molar refractivity (Wildman–Crippen MR) is 110 cm³/mol. The number of hydrogen-bond acceptors (Lipinski definition) is 7. The fourth-order valence-corrected chi connectivity index (χ4v) is 3.15. The molecule has 162 valence electrons. The van der Waals surface area contributed by atoms with Crippen LogP contribution in [-0.2, 0) is 30.1 Å². The Hall–Kier alpha value is -4.15. The van der Waals surface area contributed by atoms with Crippen LogP contribution in [0.5, 0.6) is 5.88 Å². The zero-order valence-corrected chi connectivity index (χ0v) is 16.8. The molecule has 0 saturated heterocycles. The number of aliphatic imine (C=N–C) groups is 1. The van der Waals surface area contributed by atoms with Gasteiger partial charge in [0.1, 0.15) is 12.1 Å². The first-order chi connectivity index (χ1) is 14.7. The number of amides is 1. The number of fused-ring (bicyclic) bond motifs is 1. The van der Waals surface area contributed by atoms with Crippen LogP contribution in [0, 0.1) is 0 Å². The van der Waals surface area contributed by atoms with Gasteiger partial charge in [0.05, 0.1) is 12.0 Å². The van der Waals surface area contributed by atoms with Crippen molar-refractivity contribution in [1.82, 2.24) is 19.4 Å². The number of carbonyl (C=O) groups is 2. The van der Waals surface area contributed by atoms with Crippen molar-refractivity contribution in [2.75, 3.05) is 6.54 Å². The Bertz CT molecular complexity index is 1300. The molecule has 0 fully saturated rings. The summed E-state index contributed by atoms with van der Waals surface area (Å²) in [5.74, 6) is -2.76. The number of aromatic hydroxyl groups is 1. The molecule has 0 spiro atoms. The predicted octanol–water partition coefficient (Wildman–Crippen LogP) is -1.83. The lowest BCUT2D eigenvalue weighted by molar-refractivity contribution is -0.308. The lowest BCUT2D eigenvalue weighted by Gasteiger charge is -2.19. The number of carboxylic acids is 1. The Morgan fingerprint density at radius 1 is 1.26 bits per heavy atom. The van der Waals surface area contributed by atoms with Crippen molar-refractivity contribution >= 4 is 29.0 Å². The third-order valence-electron chi connectivity index (χ3n) is 4.84. The number of aromatic amines is 1. The van der Waals surface area contributed by atoms with Gasteiger partial charge in [-0.3, -0.25) is 23.7 Å². The number of aliphatic carboxylic acids is 1. The van der Waals surface area contributed by atoms with E-state index in [2.05, 4.69) is 15.3 Å². The highest BCUT2D eigenvalue weighted by atomic mass is 16.4. The highest BCUT2D eigenvalue weighted by Gasteiger charge is 2.17. The molecule has 0 saturated carbocycles. The van der Waals surface area contributed by atoms with E-state index in [1.165, 1.54) is 14.1 Å². The molecule has 3 N–H and O–H groups in total. The number of nitrogens with one attached hydrogen (secondary N) is 2. The number of benzene rings is 1. The van der Waals surface area contributed by atoms with E-state index < -0.39 is 41.6 Å². The second-order valence-corrected chi connectivity index (χ2v) is 6.92. The summed E-state index contributed by atoms with van der Waals surface area (Å²) in [7, 11) is 2.51. The van der Waals surface area contributed by atoms with Gasteiger partial charge in [-0.25, -0.2) is 4.79 Å². The molecule has 0 unspecified atom stereocenters. The largest absolute Gasteiger partial charge is 0.548 e. The number of rotatable bonds is 7. The van der Waals surface area contributed by atoms with E-state index in [9.17, 15) is 29.4 Å². The van der Waals surface area contributed by atoms with Gasteiger partial charge in [0.2, 0.25) is 11.8 Å². The maximum atomic E-state index is 12.2. The van der Waals surface area contributed by atoms with E-state index in [1.54, 1.807) is 6.20 Å². The zero-order chi connectivity index (χ0) is 22.7. The van der Waals surface area contributed by atoms with Crippen LogP contribution in [0.2, 0.25) is 0 Å². The maximum Gasteiger partial charge on any atom is 0.333 e. The van der Waals surface area contributed by atoms with Gasteiger partial charge in [-0.2, -0.15) is 0 Å². The van der Waals surface area contributed by atoms with Crippen molar-refractivity contribution in [3.8, 4) is 5.88 Å². The van der Waals surface area contributed by atoms with Crippen molar-refractivity contribution in [2.24, 2.45) is 19.1 Å². The fraction of sp³-hybridized carbons (Fsp3) is 0.250. The first-order valence-corrected chi connectivity index (χ1v) is 9.24. The number of aromatic nitrogens is 3. The molecule has 0 aliphatic rings. The van der Waals surface area contributed by atoms with Crippen molar-refractivity contribution in [3.05, 3.63) is 62.4 Å². The van der Waals surface area contributed by atoms with Crippen LogP contribution in [0.1, 0.15) is 11.1 Å². The number of H-pyrrole nitrogens is 1. The second-order valence-electron chi connectivity index (χ2n) is 6.92. The minimum atomic E-state index is -1.45. The summed E-state index contributed by atoms with van der Waals surface area (Å²) in [4.78, 5) is 54.3. The first kappa shape index (κ1) is 21.6. The molecule has 0 radical (unpaired) electrons. The quantitative estimate of drug-likeness (QED) is 0.376. The van der Waals surface area contributed by atoms with Gasteiger partial charge in [0.25, 0.3) is 5.56 Å². The van der Waals surface area contributed by atoms with E-state index in [4.69, 9.17) is 0 Å². The molecule has 11 heteroatoms. The number of carbonyl (C=O) groups excluding carboxylic acids is 2. The molecule has 11 nitrogen and oxygen atoms in total. The van der Waals surface area contributed by atoms with Crippen molar-refractivity contribution in [2.45, 2.75) is 12.5 Å². The average Bonchev–Trinajstić information content (AvgIpc) is 3.15. The Kier molecular flexibility index (Phi) is 6.05. The maximum absolute atomic E-state index is 12.2. The molecule has 3 aromatic rings. The van der Waals surface area contributed by atoms with E-state index in [1.807, 2.05) is 24.3 Å². The van der Waals surface area contributed by atoms with Crippen LogP contribution < -0.4 is 21.7 Å². The lowest BCUT2D eigenvalue weighted by Crippen LogP contribution is -2.49. The first-order valence-electron chi connectivity index (χ1n) is 9.24. The fourth-order valence-electron chi connectivity index (χ4n) is 3.15. The Morgan fingerprint density at radius 3 is 2.68 bits per heavy atom. The standard InChI is InChI=1S/C20H21N5O6/c1-24-17(27)13(18(28)25(2)20(24)31)9-21-10-16(26)23-15(19(29)30)7-11-8-22-14-6-4-3-5-12(11)14/h3-6,8-9,15,22,27H,7,10H2,1-2H3,(H,23,26)(H,29,30)/p-1/t15-/m1/s1. The number of para-hydroxylation sites is 1. The summed E-state index contributed by atoms with van der Waals surface area (Å²) in [6, 6.07) is 6.05. The average molecular weight is 426 g/mol. The van der Waals surface area contributed by atoms with Crippen molar-refractivity contribution < 1.29 is 19.8 Å². The van der Waals surface area contributed by atoms with Gasteiger partial charge in [-0.15, -0.1) is 0 Å². The molecular formula is C20H20N5O6-. The van der Waals surface area contributed by atoms with Gasteiger partial charge >= 0.3 is 5.69 Å². The molecule has 3 rings (SSSR count). The van der Waals surface area contributed by atoms with Crippen LogP contribution in [-0.4, -0.2) is 49.9 Å². The smallest absolute Gasteiger partial charge is 0.333 e. The zero-order valence-electron chi connectivity index (χ0n) is 16.8. The van der Waals surface area contributed by atoms with Crippen LogP contribution >= 0.6 is 0 Å². The van der Waals surface area contributed by atoms with E-state index in [0.717, 1.165) is 26.3 Å². The minimum absolute atomic E-state index is 0.00390. The molecule has 1 aromatic carbocycles. The summed E-state index contributed by atoms with van der Waals surface area (Å²) in [6.45, 7) is -0.497. The third kappa shape index (κ3) is 4.39. The topological polar surface area (TPSA) is 162 Å². The Morgan fingerprint density at radius 2 is 1.97 bits per heavy atom.